The summed E-state index contributed by atoms with van der Waals surface area (Å²) in [5, 5.41) is 4.76. The molecule has 2 atom stereocenters. The van der Waals surface area contributed by atoms with E-state index in [0.717, 1.165) is 12.0 Å². The van der Waals surface area contributed by atoms with Gasteiger partial charge in [-0.1, -0.05) is 48.5 Å². The third-order valence-corrected chi connectivity index (χ3v) is 5.01. The van der Waals surface area contributed by atoms with Crippen molar-refractivity contribution in [2.75, 3.05) is 0 Å². The maximum atomic E-state index is 11.6. The van der Waals surface area contributed by atoms with E-state index in [1.807, 2.05) is 18.2 Å². The Hall–Kier alpha value is -2.88. The summed E-state index contributed by atoms with van der Waals surface area (Å²) in [4.78, 5) is 23.1. The first-order chi connectivity index (χ1) is 12.5. The topological polar surface area (TPSA) is 52.6 Å². The van der Waals surface area contributed by atoms with Crippen molar-refractivity contribution in [1.29, 1.82) is 0 Å². The Bertz CT molecular complexity index is 1020. The first-order valence-electron chi connectivity index (χ1n) is 8.82. The zero-order valence-corrected chi connectivity index (χ0v) is 14.8. The summed E-state index contributed by atoms with van der Waals surface area (Å²) >= 11 is 0. The van der Waals surface area contributed by atoms with Crippen molar-refractivity contribution in [3.63, 3.8) is 0 Å². The Balaban J connectivity index is 1.89. The van der Waals surface area contributed by atoms with Crippen LogP contribution in [0.15, 0.2) is 48.5 Å². The van der Waals surface area contributed by atoms with Crippen LogP contribution in [0, 0.1) is 0 Å². The van der Waals surface area contributed by atoms with Crippen LogP contribution in [0.1, 0.15) is 37.5 Å². The normalized spacial score (nSPS) is 19.2. The summed E-state index contributed by atoms with van der Waals surface area (Å²) in [5.41, 5.74) is 2.10. The Morgan fingerprint density at radius 2 is 1.58 bits per heavy atom. The highest BCUT2D eigenvalue weighted by Gasteiger charge is 2.35. The maximum absolute atomic E-state index is 11.6. The van der Waals surface area contributed by atoms with Crippen molar-refractivity contribution >= 4 is 33.5 Å². The van der Waals surface area contributed by atoms with E-state index >= 15 is 0 Å². The largest absolute Gasteiger partial charge is 0.458 e. The number of fused-ring (bicyclic) bond motifs is 5. The Morgan fingerprint density at radius 3 is 2.35 bits per heavy atom. The molecule has 26 heavy (non-hydrogen) atoms. The van der Waals surface area contributed by atoms with Crippen molar-refractivity contribution in [3.05, 3.63) is 59.7 Å². The standard InChI is InChI=1S/C22H20O4/c1-13(23)25-21-12-11-19-18-8-7-15-5-3-4-6-16(15)17(18)9-10-20(19)22(21)26-14(2)24/h3-10,21-22H,11-12H2,1-2H3. The molecule has 3 aromatic rings. The van der Waals surface area contributed by atoms with E-state index in [1.165, 1.54) is 41.0 Å². The van der Waals surface area contributed by atoms with E-state index in [4.69, 9.17) is 9.47 Å². The first kappa shape index (κ1) is 16.6. The third kappa shape index (κ3) is 2.81. The number of ether oxygens (including phenoxy) is 2. The van der Waals surface area contributed by atoms with Gasteiger partial charge in [0.15, 0.2) is 6.10 Å². The molecule has 0 N–H and O–H groups in total. The minimum Gasteiger partial charge on any atom is -0.458 e. The van der Waals surface area contributed by atoms with Gasteiger partial charge in [-0.05, 0) is 39.9 Å². The van der Waals surface area contributed by atoms with Crippen LogP contribution in [-0.4, -0.2) is 18.0 Å². The Morgan fingerprint density at radius 1 is 0.846 bits per heavy atom. The van der Waals surface area contributed by atoms with Crippen LogP contribution < -0.4 is 0 Å². The zero-order chi connectivity index (χ0) is 18.3. The number of benzene rings is 3. The van der Waals surface area contributed by atoms with Crippen LogP contribution in [0.25, 0.3) is 21.5 Å². The summed E-state index contributed by atoms with van der Waals surface area (Å²) in [6, 6.07) is 16.6. The highest BCUT2D eigenvalue weighted by molar-refractivity contribution is 6.08. The first-order valence-corrected chi connectivity index (χ1v) is 8.82. The molecule has 4 rings (SSSR count). The molecular weight excluding hydrogens is 328 g/mol. The molecule has 4 heteroatoms. The van der Waals surface area contributed by atoms with Crippen LogP contribution in [0.5, 0.6) is 0 Å². The average Bonchev–Trinajstić information content (AvgIpc) is 2.62. The quantitative estimate of drug-likeness (QED) is 0.506. The highest BCUT2D eigenvalue weighted by Crippen LogP contribution is 2.40. The van der Waals surface area contributed by atoms with Crippen LogP contribution in [0.2, 0.25) is 0 Å². The average molecular weight is 348 g/mol. The predicted octanol–water partition coefficient (Wildman–Crippen LogP) is 4.48. The van der Waals surface area contributed by atoms with Gasteiger partial charge >= 0.3 is 11.9 Å². The van der Waals surface area contributed by atoms with Gasteiger partial charge in [-0.3, -0.25) is 9.59 Å². The molecule has 4 nitrogen and oxygen atoms in total. The predicted molar refractivity (Wildman–Crippen MR) is 99.8 cm³/mol. The van der Waals surface area contributed by atoms with Crippen molar-refractivity contribution < 1.29 is 19.1 Å². The second-order valence-electron chi connectivity index (χ2n) is 6.73. The van der Waals surface area contributed by atoms with E-state index in [9.17, 15) is 9.59 Å². The minimum absolute atomic E-state index is 0.359. The fourth-order valence-corrected chi connectivity index (χ4v) is 4.00. The van der Waals surface area contributed by atoms with Crippen molar-refractivity contribution in [2.24, 2.45) is 0 Å². The van der Waals surface area contributed by atoms with Crippen LogP contribution in [0.4, 0.5) is 0 Å². The summed E-state index contributed by atoms with van der Waals surface area (Å²) in [5.74, 6) is -0.735. The number of carbonyl (C=O) groups excluding carboxylic acids is 2. The fourth-order valence-electron chi connectivity index (χ4n) is 4.00. The van der Waals surface area contributed by atoms with Gasteiger partial charge in [-0.15, -0.1) is 0 Å². The van der Waals surface area contributed by atoms with E-state index in [2.05, 4.69) is 30.3 Å². The van der Waals surface area contributed by atoms with Gasteiger partial charge in [0.05, 0.1) is 0 Å². The number of aryl methyl sites for hydroxylation is 1. The van der Waals surface area contributed by atoms with Gasteiger partial charge in [0.1, 0.15) is 6.10 Å². The van der Waals surface area contributed by atoms with Crippen molar-refractivity contribution in [2.45, 2.75) is 38.9 Å². The molecule has 132 valence electrons. The van der Waals surface area contributed by atoms with Gasteiger partial charge < -0.3 is 9.47 Å². The molecule has 1 aliphatic rings. The summed E-state index contributed by atoms with van der Waals surface area (Å²) in [6.45, 7) is 2.76. The van der Waals surface area contributed by atoms with Gasteiger partial charge in [-0.2, -0.15) is 0 Å². The summed E-state index contributed by atoms with van der Waals surface area (Å²) in [6.07, 6.45) is 0.412. The molecule has 0 saturated heterocycles. The fraction of sp³-hybridized carbons (Fsp3) is 0.273. The number of hydrogen-bond donors (Lipinski definition) is 0. The molecule has 0 spiro atoms. The molecule has 0 aliphatic heterocycles. The molecule has 1 aliphatic carbocycles. The van der Waals surface area contributed by atoms with Crippen LogP contribution in [0.3, 0.4) is 0 Å². The number of carbonyl (C=O) groups is 2. The van der Waals surface area contributed by atoms with E-state index < -0.39 is 12.2 Å². The molecule has 0 bridgehead atoms. The molecule has 3 aromatic carbocycles. The SMILES string of the molecule is CC(=O)OC1CCc2c(ccc3c2ccc2ccccc23)C1OC(C)=O. The number of esters is 2. The van der Waals surface area contributed by atoms with Gasteiger partial charge in [0.25, 0.3) is 0 Å². The lowest BCUT2D eigenvalue weighted by Gasteiger charge is -2.33. The van der Waals surface area contributed by atoms with Gasteiger partial charge in [0.2, 0.25) is 0 Å². The highest BCUT2D eigenvalue weighted by atomic mass is 16.6. The molecule has 0 radical (unpaired) electrons. The maximum Gasteiger partial charge on any atom is 0.303 e. The second-order valence-corrected chi connectivity index (χ2v) is 6.73. The lowest BCUT2D eigenvalue weighted by molar-refractivity contribution is -0.167. The summed E-state index contributed by atoms with van der Waals surface area (Å²) < 4.78 is 11.0. The van der Waals surface area contributed by atoms with Crippen LogP contribution in [-0.2, 0) is 25.5 Å². The monoisotopic (exact) mass is 348 g/mol. The minimum atomic E-state index is -0.559. The summed E-state index contributed by atoms with van der Waals surface area (Å²) in [7, 11) is 0. The lowest BCUT2D eigenvalue weighted by atomic mass is 9.83. The smallest absolute Gasteiger partial charge is 0.303 e. The molecule has 0 fully saturated rings. The molecule has 0 saturated carbocycles. The molecule has 2 unspecified atom stereocenters. The van der Waals surface area contributed by atoms with E-state index in [0.29, 0.717) is 6.42 Å². The third-order valence-electron chi connectivity index (χ3n) is 5.01. The van der Waals surface area contributed by atoms with Gasteiger partial charge in [-0.25, -0.2) is 0 Å². The number of hydrogen-bond acceptors (Lipinski definition) is 4. The van der Waals surface area contributed by atoms with Gasteiger partial charge in [0, 0.05) is 19.4 Å². The van der Waals surface area contributed by atoms with Crippen LogP contribution >= 0.6 is 0 Å². The Kier molecular flexibility index (Phi) is 4.11. The second kappa shape index (κ2) is 6.45. The zero-order valence-electron chi connectivity index (χ0n) is 14.8. The Labute approximate surface area is 151 Å². The van der Waals surface area contributed by atoms with E-state index in [-0.39, 0.29) is 11.9 Å². The number of rotatable bonds is 2. The van der Waals surface area contributed by atoms with Crippen molar-refractivity contribution in [1.82, 2.24) is 0 Å². The van der Waals surface area contributed by atoms with E-state index in [1.54, 1.807) is 0 Å². The molecular formula is C22H20O4. The van der Waals surface area contributed by atoms with Crippen molar-refractivity contribution in [3.8, 4) is 0 Å². The molecule has 0 heterocycles. The lowest BCUT2D eigenvalue weighted by Crippen LogP contribution is -2.32. The molecule has 0 amide bonds. The molecule has 0 aromatic heterocycles.